The highest BCUT2D eigenvalue weighted by atomic mass is 19.2. The van der Waals surface area contributed by atoms with E-state index in [0.29, 0.717) is 19.6 Å². The monoisotopic (exact) mass is 286 g/mol. The van der Waals surface area contributed by atoms with Crippen molar-refractivity contribution in [1.29, 1.82) is 0 Å². The lowest BCUT2D eigenvalue weighted by Gasteiger charge is -2.07. The molecule has 2 N–H and O–H groups in total. The molecule has 0 fully saturated rings. The average Bonchev–Trinajstić information content (AvgIpc) is 2.44. The van der Waals surface area contributed by atoms with Crippen molar-refractivity contribution in [3.05, 3.63) is 35.4 Å². The van der Waals surface area contributed by atoms with Crippen molar-refractivity contribution in [2.75, 3.05) is 26.8 Å². The van der Waals surface area contributed by atoms with Gasteiger partial charge >= 0.3 is 0 Å². The summed E-state index contributed by atoms with van der Waals surface area (Å²) in [5.74, 6) is -3.15. The zero-order valence-corrected chi connectivity index (χ0v) is 11.0. The second-order valence-electron chi connectivity index (χ2n) is 4.01. The quantitative estimate of drug-likeness (QED) is 0.730. The molecule has 0 unspecified atom stereocenters. The lowest BCUT2D eigenvalue weighted by Crippen LogP contribution is -2.37. The Kier molecular flexibility index (Phi) is 6.58. The summed E-state index contributed by atoms with van der Waals surface area (Å²) in [5.41, 5.74) is -0.0453. The topological polar surface area (TPSA) is 67.4 Å². The Bertz CT molecular complexity index is 481. The first kappa shape index (κ1) is 16.0. The number of ether oxygens (including phenoxy) is 1. The standard InChI is InChI=1S/C13H16F2N2O3/c1-20-6-2-5-16-12(18)8-17-13(19)9-3-4-10(14)11(15)7-9/h3-4,7H,2,5-6,8H2,1H3,(H,16,18)(H,17,19). The van der Waals surface area contributed by atoms with E-state index in [1.165, 1.54) is 0 Å². The third kappa shape index (κ3) is 5.31. The van der Waals surface area contributed by atoms with Gasteiger partial charge < -0.3 is 15.4 Å². The number of rotatable bonds is 7. The molecule has 2 amide bonds. The van der Waals surface area contributed by atoms with Gasteiger partial charge in [0.15, 0.2) is 11.6 Å². The highest BCUT2D eigenvalue weighted by molar-refractivity contribution is 5.96. The Morgan fingerprint density at radius 1 is 1.20 bits per heavy atom. The Balaban J connectivity index is 2.35. The van der Waals surface area contributed by atoms with Crippen molar-refractivity contribution >= 4 is 11.8 Å². The molecule has 0 saturated carbocycles. The molecule has 5 nitrogen and oxygen atoms in total. The molecule has 1 rings (SSSR count). The predicted molar refractivity (Wildman–Crippen MR) is 68.2 cm³/mol. The van der Waals surface area contributed by atoms with E-state index < -0.39 is 17.5 Å². The number of nitrogens with one attached hydrogen (secondary N) is 2. The molecule has 0 atom stereocenters. The van der Waals surface area contributed by atoms with Crippen LogP contribution >= 0.6 is 0 Å². The van der Waals surface area contributed by atoms with Crippen LogP contribution in [0.3, 0.4) is 0 Å². The molecule has 0 radical (unpaired) electrons. The Morgan fingerprint density at radius 2 is 1.95 bits per heavy atom. The minimum atomic E-state index is -1.11. The van der Waals surface area contributed by atoms with E-state index in [2.05, 4.69) is 10.6 Å². The number of benzene rings is 1. The largest absolute Gasteiger partial charge is 0.385 e. The van der Waals surface area contributed by atoms with E-state index in [1.807, 2.05) is 0 Å². The molecule has 110 valence electrons. The summed E-state index contributed by atoms with van der Waals surface area (Å²) in [7, 11) is 1.56. The molecule has 0 aliphatic carbocycles. The number of carbonyl (C=O) groups excluding carboxylic acids is 2. The molecule has 0 aliphatic heterocycles. The average molecular weight is 286 g/mol. The van der Waals surface area contributed by atoms with Crippen molar-refractivity contribution < 1.29 is 23.1 Å². The molecule has 20 heavy (non-hydrogen) atoms. The summed E-state index contributed by atoms with van der Waals surface area (Å²) in [6, 6.07) is 2.78. The van der Waals surface area contributed by atoms with Gasteiger partial charge in [-0.1, -0.05) is 0 Å². The summed E-state index contributed by atoms with van der Waals surface area (Å²) < 4.78 is 30.4. The smallest absolute Gasteiger partial charge is 0.251 e. The lowest BCUT2D eigenvalue weighted by molar-refractivity contribution is -0.120. The molecule has 0 heterocycles. The SMILES string of the molecule is COCCCNC(=O)CNC(=O)c1ccc(F)c(F)c1. The third-order valence-electron chi connectivity index (χ3n) is 2.44. The second kappa shape index (κ2) is 8.21. The van der Waals surface area contributed by atoms with Crippen molar-refractivity contribution in [2.24, 2.45) is 0 Å². The molecular formula is C13H16F2N2O3. The fraction of sp³-hybridized carbons (Fsp3) is 0.385. The highest BCUT2D eigenvalue weighted by Gasteiger charge is 2.10. The van der Waals surface area contributed by atoms with Gasteiger partial charge in [0, 0.05) is 25.8 Å². The molecule has 1 aromatic carbocycles. The lowest BCUT2D eigenvalue weighted by atomic mass is 10.2. The first-order valence-electron chi connectivity index (χ1n) is 6.03. The van der Waals surface area contributed by atoms with Crippen LogP contribution in [0.4, 0.5) is 8.78 Å². The normalized spacial score (nSPS) is 10.2. The van der Waals surface area contributed by atoms with Crippen molar-refractivity contribution in [2.45, 2.75) is 6.42 Å². The first-order chi connectivity index (χ1) is 9.54. The third-order valence-corrected chi connectivity index (χ3v) is 2.44. The molecule has 0 aromatic heterocycles. The fourth-order valence-electron chi connectivity index (χ4n) is 1.41. The first-order valence-corrected chi connectivity index (χ1v) is 6.03. The van der Waals surface area contributed by atoms with Crippen LogP contribution in [0.15, 0.2) is 18.2 Å². The predicted octanol–water partition coefficient (Wildman–Crippen LogP) is 0.847. The van der Waals surface area contributed by atoms with Crippen LogP contribution < -0.4 is 10.6 Å². The number of halogens is 2. The van der Waals surface area contributed by atoms with E-state index in [-0.39, 0.29) is 18.0 Å². The van der Waals surface area contributed by atoms with Crippen molar-refractivity contribution in [3.8, 4) is 0 Å². The van der Waals surface area contributed by atoms with E-state index in [4.69, 9.17) is 4.74 Å². The van der Waals surface area contributed by atoms with Gasteiger partial charge in [0.05, 0.1) is 6.54 Å². The summed E-state index contributed by atoms with van der Waals surface area (Å²) in [4.78, 5) is 23.0. The van der Waals surface area contributed by atoms with Gasteiger partial charge in [-0.3, -0.25) is 9.59 Å². The molecule has 0 saturated heterocycles. The summed E-state index contributed by atoms with van der Waals surface area (Å²) >= 11 is 0. The minimum absolute atomic E-state index is 0.0453. The van der Waals surface area contributed by atoms with E-state index >= 15 is 0 Å². The molecule has 0 aliphatic rings. The maximum absolute atomic E-state index is 12.9. The van der Waals surface area contributed by atoms with Gasteiger partial charge in [0.25, 0.3) is 5.91 Å². The second-order valence-corrected chi connectivity index (χ2v) is 4.01. The van der Waals surface area contributed by atoms with Crippen LogP contribution in [-0.4, -0.2) is 38.6 Å². The highest BCUT2D eigenvalue weighted by Crippen LogP contribution is 2.08. The van der Waals surface area contributed by atoms with Gasteiger partial charge in [0.1, 0.15) is 0 Å². The summed E-state index contributed by atoms with van der Waals surface area (Å²) in [6.45, 7) is 0.736. The fourth-order valence-corrected chi connectivity index (χ4v) is 1.41. The zero-order valence-electron chi connectivity index (χ0n) is 11.0. The molecule has 0 spiro atoms. The zero-order chi connectivity index (χ0) is 15.0. The van der Waals surface area contributed by atoms with Crippen molar-refractivity contribution in [3.63, 3.8) is 0 Å². The van der Waals surface area contributed by atoms with Gasteiger partial charge in [-0.15, -0.1) is 0 Å². The van der Waals surface area contributed by atoms with Crippen LogP contribution in [0.1, 0.15) is 16.8 Å². The van der Waals surface area contributed by atoms with E-state index in [1.54, 1.807) is 7.11 Å². The number of hydrogen-bond acceptors (Lipinski definition) is 3. The Labute approximate surface area is 115 Å². The van der Waals surface area contributed by atoms with Crippen molar-refractivity contribution in [1.82, 2.24) is 10.6 Å². The van der Waals surface area contributed by atoms with E-state index in [9.17, 15) is 18.4 Å². The Morgan fingerprint density at radius 3 is 2.60 bits per heavy atom. The number of hydrogen-bond donors (Lipinski definition) is 2. The summed E-state index contributed by atoms with van der Waals surface area (Å²) in [6.07, 6.45) is 0.666. The number of carbonyl (C=O) groups is 2. The van der Waals surface area contributed by atoms with Gasteiger partial charge in [-0.05, 0) is 24.6 Å². The van der Waals surface area contributed by atoms with Crippen LogP contribution in [-0.2, 0) is 9.53 Å². The Hall–Kier alpha value is -2.02. The molecular weight excluding hydrogens is 270 g/mol. The number of methoxy groups -OCH3 is 1. The molecule has 0 bridgehead atoms. The maximum Gasteiger partial charge on any atom is 0.251 e. The minimum Gasteiger partial charge on any atom is -0.385 e. The number of amides is 2. The van der Waals surface area contributed by atoms with E-state index in [0.717, 1.165) is 18.2 Å². The van der Waals surface area contributed by atoms with Crippen LogP contribution in [0.25, 0.3) is 0 Å². The van der Waals surface area contributed by atoms with Gasteiger partial charge in [-0.25, -0.2) is 8.78 Å². The van der Waals surface area contributed by atoms with Crippen LogP contribution in [0.5, 0.6) is 0 Å². The van der Waals surface area contributed by atoms with Gasteiger partial charge in [-0.2, -0.15) is 0 Å². The maximum atomic E-state index is 12.9. The molecule has 7 heteroatoms. The van der Waals surface area contributed by atoms with Gasteiger partial charge in [0.2, 0.25) is 5.91 Å². The van der Waals surface area contributed by atoms with Crippen LogP contribution in [0.2, 0.25) is 0 Å². The van der Waals surface area contributed by atoms with Crippen LogP contribution in [0, 0.1) is 11.6 Å². The molecule has 1 aromatic rings. The summed E-state index contributed by atoms with van der Waals surface area (Å²) in [5, 5.41) is 4.89.